The van der Waals surface area contributed by atoms with Crippen molar-refractivity contribution < 1.29 is 0 Å². The molecule has 0 spiro atoms. The van der Waals surface area contributed by atoms with Crippen molar-refractivity contribution in [3.63, 3.8) is 0 Å². The van der Waals surface area contributed by atoms with Crippen molar-refractivity contribution in [2.24, 2.45) is 0 Å². The molecular formula is C32H27N7. The number of nitrogen functional groups attached to an aromatic ring is 1. The lowest BCUT2D eigenvalue weighted by molar-refractivity contribution is 0.689. The minimum Gasteiger partial charge on any atom is -0.383 e. The molecule has 4 heterocycles. The van der Waals surface area contributed by atoms with Crippen LogP contribution in [0.5, 0.6) is 0 Å². The number of hydrogen-bond donors (Lipinski definition) is 2. The van der Waals surface area contributed by atoms with Gasteiger partial charge in [-0.2, -0.15) is 5.10 Å². The number of nitrogens with one attached hydrogen (secondary N) is 1. The first-order valence-electron chi connectivity index (χ1n) is 12.9. The molecule has 1 aliphatic heterocycles. The number of nitrogens with zero attached hydrogens (tertiary/aromatic N) is 5. The van der Waals surface area contributed by atoms with Crippen LogP contribution in [0.4, 0.5) is 11.5 Å². The summed E-state index contributed by atoms with van der Waals surface area (Å²) in [4.78, 5) is 14.5. The molecule has 0 saturated carbocycles. The Labute approximate surface area is 225 Å². The molecule has 0 saturated heterocycles. The molecule has 39 heavy (non-hydrogen) atoms. The third kappa shape index (κ3) is 3.62. The van der Waals surface area contributed by atoms with Gasteiger partial charge in [-0.1, -0.05) is 55.1 Å². The summed E-state index contributed by atoms with van der Waals surface area (Å²) in [6.45, 7) is 9.29. The van der Waals surface area contributed by atoms with Gasteiger partial charge in [-0.15, -0.1) is 0 Å². The second-order valence-electron chi connectivity index (χ2n) is 9.99. The second-order valence-corrected chi connectivity index (χ2v) is 9.99. The van der Waals surface area contributed by atoms with E-state index in [2.05, 4.69) is 113 Å². The molecule has 190 valence electrons. The first-order chi connectivity index (χ1) is 19.0. The Morgan fingerprint density at radius 1 is 0.949 bits per heavy atom. The van der Waals surface area contributed by atoms with E-state index in [0.29, 0.717) is 18.0 Å². The van der Waals surface area contributed by atoms with Crippen LogP contribution in [0.1, 0.15) is 22.3 Å². The van der Waals surface area contributed by atoms with Gasteiger partial charge in [0, 0.05) is 39.9 Å². The number of fused-ring (bicyclic) bond motifs is 3. The Kier molecular flexibility index (Phi) is 5.13. The molecular weight excluding hydrogens is 482 g/mol. The maximum absolute atomic E-state index is 6.42. The predicted octanol–water partition coefficient (Wildman–Crippen LogP) is 6.71. The lowest BCUT2D eigenvalue weighted by atomic mass is 9.93. The molecule has 3 aromatic heterocycles. The van der Waals surface area contributed by atoms with Gasteiger partial charge in [0.05, 0.1) is 11.9 Å². The lowest BCUT2D eigenvalue weighted by Crippen LogP contribution is -2.28. The van der Waals surface area contributed by atoms with Crippen LogP contribution < -0.4 is 10.6 Å². The summed E-state index contributed by atoms with van der Waals surface area (Å²) in [6.07, 6.45) is 5.66. The Hall–Kier alpha value is -5.17. The smallest absolute Gasteiger partial charge is 0.164 e. The molecule has 3 N–H and O–H groups in total. The Morgan fingerprint density at radius 2 is 1.79 bits per heavy atom. The Morgan fingerprint density at radius 3 is 2.67 bits per heavy atom. The van der Waals surface area contributed by atoms with Gasteiger partial charge in [-0.05, 0) is 60.2 Å². The van der Waals surface area contributed by atoms with Gasteiger partial charge in [0.2, 0.25) is 0 Å². The largest absolute Gasteiger partial charge is 0.383 e. The van der Waals surface area contributed by atoms with Crippen LogP contribution in [0.3, 0.4) is 0 Å². The average Bonchev–Trinajstić information content (AvgIpc) is 3.55. The lowest BCUT2D eigenvalue weighted by Gasteiger charge is -2.35. The topological polar surface area (TPSA) is 88.6 Å². The quantitative estimate of drug-likeness (QED) is 0.276. The van der Waals surface area contributed by atoms with Crippen molar-refractivity contribution in [1.82, 2.24) is 24.7 Å². The van der Waals surface area contributed by atoms with Crippen LogP contribution in [-0.2, 0) is 6.54 Å². The number of benzene rings is 3. The third-order valence-corrected chi connectivity index (χ3v) is 7.53. The van der Waals surface area contributed by atoms with Crippen molar-refractivity contribution in [2.75, 3.05) is 10.6 Å². The van der Waals surface area contributed by atoms with E-state index < -0.39 is 0 Å². The minimum atomic E-state index is 0.409. The van der Waals surface area contributed by atoms with E-state index >= 15 is 0 Å². The van der Waals surface area contributed by atoms with Crippen molar-refractivity contribution in [3.05, 3.63) is 114 Å². The highest BCUT2D eigenvalue weighted by Gasteiger charge is 2.27. The van der Waals surface area contributed by atoms with E-state index in [1.165, 1.54) is 17.5 Å². The third-order valence-electron chi connectivity index (χ3n) is 7.53. The Balaban J connectivity index is 1.42. The maximum Gasteiger partial charge on any atom is 0.164 e. The number of anilines is 2. The van der Waals surface area contributed by atoms with Crippen LogP contribution in [-0.4, -0.2) is 24.7 Å². The van der Waals surface area contributed by atoms with Crippen molar-refractivity contribution in [2.45, 2.75) is 20.4 Å². The molecule has 0 aliphatic carbocycles. The van der Waals surface area contributed by atoms with Crippen LogP contribution in [0, 0.1) is 13.8 Å². The summed E-state index contributed by atoms with van der Waals surface area (Å²) in [5.41, 5.74) is 17.6. The van der Waals surface area contributed by atoms with E-state index in [9.17, 15) is 0 Å². The summed E-state index contributed by atoms with van der Waals surface area (Å²) in [5, 5.41) is 6.96. The van der Waals surface area contributed by atoms with E-state index in [-0.39, 0.29) is 0 Å². The SMILES string of the molecule is C=C1c2c(C)cccc2C=C(Cn2nc(-c3ccc4cc[nH]c4c3)c3c(N)ncnc32)N1c1ccccc1C. The maximum atomic E-state index is 6.42. The zero-order valence-electron chi connectivity index (χ0n) is 21.8. The van der Waals surface area contributed by atoms with E-state index in [4.69, 9.17) is 10.8 Å². The number of aromatic amines is 1. The molecule has 0 radical (unpaired) electrons. The molecule has 7 rings (SSSR count). The van der Waals surface area contributed by atoms with Gasteiger partial charge in [0.15, 0.2) is 5.65 Å². The standard InChI is InChI=1S/C32H27N7/c1-19-7-4-5-10-27(19)39-21(3)28-20(2)8-6-9-23(28)15-25(39)17-38-32-29(31(33)35-18-36-32)30(37-38)24-12-11-22-13-14-34-26(22)16-24/h4-16,18,34H,3,17H2,1-2H3,(H2,33,35,36). The fourth-order valence-corrected chi connectivity index (χ4v) is 5.66. The number of nitrogens with two attached hydrogens (primary N) is 1. The highest BCUT2D eigenvalue weighted by atomic mass is 15.3. The molecule has 6 aromatic rings. The molecule has 7 nitrogen and oxygen atoms in total. The molecule has 0 unspecified atom stereocenters. The van der Waals surface area contributed by atoms with E-state index in [0.717, 1.165) is 55.8 Å². The molecule has 0 fully saturated rings. The van der Waals surface area contributed by atoms with Crippen LogP contribution >= 0.6 is 0 Å². The number of rotatable bonds is 4. The molecule has 0 amide bonds. The molecule has 0 atom stereocenters. The normalized spacial score (nSPS) is 13.2. The van der Waals surface area contributed by atoms with Crippen molar-refractivity contribution >= 4 is 45.2 Å². The number of aromatic nitrogens is 5. The molecule has 3 aromatic carbocycles. The van der Waals surface area contributed by atoms with Gasteiger partial charge in [0.25, 0.3) is 0 Å². The van der Waals surface area contributed by atoms with E-state index in [1.54, 1.807) is 0 Å². The summed E-state index contributed by atoms with van der Waals surface area (Å²) >= 11 is 0. The number of allylic oxidation sites excluding steroid dienone is 1. The molecule has 0 bridgehead atoms. The summed E-state index contributed by atoms with van der Waals surface area (Å²) < 4.78 is 1.92. The minimum absolute atomic E-state index is 0.409. The molecule has 1 aliphatic rings. The van der Waals surface area contributed by atoms with Crippen molar-refractivity contribution in [1.29, 1.82) is 0 Å². The zero-order valence-corrected chi connectivity index (χ0v) is 21.8. The summed E-state index contributed by atoms with van der Waals surface area (Å²) in [6, 6.07) is 23.0. The van der Waals surface area contributed by atoms with Gasteiger partial charge in [0.1, 0.15) is 17.8 Å². The van der Waals surface area contributed by atoms with Crippen molar-refractivity contribution in [3.8, 4) is 11.3 Å². The zero-order chi connectivity index (χ0) is 26.7. The predicted molar refractivity (Wildman–Crippen MR) is 159 cm³/mol. The monoisotopic (exact) mass is 509 g/mol. The number of para-hydroxylation sites is 1. The molecule has 7 heteroatoms. The first-order valence-corrected chi connectivity index (χ1v) is 12.9. The van der Waals surface area contributed by atoms with Gasteiger partial charge in [-0.3, -0.25) is 0 Å². The number of hydrogen-bond acceptors (Lipinski definition) is 5. The van der Waals surface area contributed by atoms with Gasteiger partial charge >= 0.3 is 0 Å². The summed E-state index contributed by atoms with van der Waals surface area (Å²) in [5.74, 6) is 0.409. The van der Waals surface area contributed by atoms with Gasteiger partial charge < -0.3 is 15.6 Å². The fourth-order valence-electron chi connectivity index (χ4n) is 5.66. The number of H-pyrrole nitrogens is 1. The van der Waals surface area contributed by atoms with E-state index in [1.807, 2.05) is 10.9 Å². The Bertz CT molecular complexity index is 1960. The van der Waals surface area contributed by atoms with Crippen LogP contribution in [0.25, 0.3) is 45.0 Å². The average molecular weight is 510 g/mol. The van der Waals surface area contributed by atoms with Crippen LogP contribution in [0.2, 0.25) is 0 Å². The first kappa shape index (κ1) is 23.0. The highest BCUT2D eigenvalue weighted by molar-refractivity contribution is 6.00. The van der Waals surface area contributed by atoms with Gasteiger partial charge in [-0.25, -0.2) is 14.6 Å². The summed E-state index contributed by atoms with van der Waals surface area (Å²) in [7, 11) is 0. The van der Waals surface area contributed by atoms with Crippen LogP contribution in [0.15, 0.2) is 91.5 Å². The highest BCUT2D eigenvalue weighted by Crippen LogP contribution is 2.40. The number of aryl methyl sites for hydroxylation is 2. The second kappa shape index (κ2) is 8.70. The fraction of sp³-hybridized carbons (Fsp3) is 0.0938.